The van der Waals surface area contributed by atoms with Gasteiger partial charge < -0.3 is 0 Å². The summed E-state index contributed by atoms with van der Waals surface area (Å²) >= 11 is 0. The van der Waals surface area contributed by atoms with Crippen molar-refractivity contribution in [2.75, 3.05) is 0 Å². The summed E-state index contributed by atoms with van der Waals surface area (Å²) in [5.74, 6) is 0. The van der Waals surface area contributed by atoms with Crippen LogP contribution in [0, 0.1) is 0 Å². The second kappa shape index (κ2) is 5.60. The minimum atomic E-state index is 0.434. The van der Waals surface area contributed by atoms with E-state index < -0.39 is 0 Å². The average molecular weight is 113 g/mol. The topological polar surface area (TPSA) is 29.4 Å². The van der Waals surface area contributed by atoms with Gasteiger partial charge in [-0.05, 0) is 6.04 Å². The molecule has 0 unspecified atom stereocenters. The predicted molar refractivity (Wildman–Crippen MR) is 29.0 cm³/mol. The lowest BCUT2D eigenvalue weighted by molar-refractivity contribution is 0.566. The first kappa shape index (κ1) is 6.60. The third kappa shape index (κ3) is 5.60. The van der Waals surface area contributed by atoms with Crippen molar-refractivity contribution in [2.45, 2.75) is 19.4 Å². The summed E-state index contributed by atoms with van der Waals surface area (Å²) in [6.45, 7) is 2.06. The third-order valence-electron chi connectivity index (χ3n) is 0.487. The predicted octanol–water partition coefficient (Wildman–Crippen LogP) is 0.770. The van der Waals surface area contributed by atoms with Crippen LogP contribution >= 0.6 is 0 Å². The second-order valence-corrected chi connectivity index (χ2v) is 2.15. The van der Waals surface area contributed by atoms with E-state index in [4.69, 9.17) is 0 Å². The van der Waals surface area contributed by atoms with Crippen molar-refractivity contribution in [1.82, 2.24) is 0 Å². The van der Waals surface area contributed by atoms with Crippen molar-refractivity contribution in [2.24, 2.45) is 4.66 Å². The molecule has 0 spiro atoms. The van der Waals surface area contributed by atoms with E-state index >= 15 is 0 Å². The molecule has 0 atom stereocenters. The summed E-state index contributed by atoms with van der Waals surface area (Å²) in [5.41, 5.74) is 0. The monoisotopic (exact) mass is 113 g/mol. The molecule has 7 heavy (non-hydrogen) atoms. The molecule has 0 aliphatic rings. The molecule has 0 saturated heterocycles. The van der Waals surface area contributed by atoms with E-state index in [1.54, 1.807) is 0 Å². The largest absolute Gasteiger partial charge is 0.250 e. The number of nitrogens with zero attached hydrogens (tertiary/aromatic N) is 1. The summed E-state index contributed by atoms with van der Waals surface area (Å²) in [5, 5.41) is 0. The van der Waals surface area contributed by atoms with Gasteiger partial charge in [0.15, 0.2) is 0 Å². The molecular formula is C4H7NOSi. The fourth-order valence-electron chi connectivity index (χ4n) is 0.200. The highest BCUT2D eigenvalue weighted by atomic mass is 28.2. The first-order valence-electron chi connectivity index (χ1n) is 2.21. The van der Waals surface area contributed by atoms with E-state index in [1.807, 2.05) is 0 Å². The van der Waals surface area contributed by atoms with E-state index in [0.717, 1.165) is 12.5 Å². The number of hydrogen-bond donors (Lipinski definition) is 0. The Labute approximate surface area is 45.5 Å². The Balaban J connectivity index is 2.83. The van der Waals surface area contributed by atoms with Crippen molar-refractivity contribution in [3.63, 3.8) is 0 Å². The SMILES string of the molecule is CCC[Si]N=C=O. The van der Waals surface area contributed by atoms with Gasteiger partial charge in [0.05, 0.1) is 0 Å². The van der Waals surface area contributed by atoms with Crippen LogP contribution in [0.5, 0.6) is 0 Å². The van der Waals surface area contributed by atoms with Gasteiger partial charge in [0.2, 0.25) is 15.8 Å². The Hall–Kier alpha value is -0.403. The zero-order valence-corrected chi connectivity index (χ0v) is 5.27. The summed E-state index contributed by atoms with van der Waals surface area (Å²) in [7, 11) is 0.434. The average Bonchev–Trinajstić information content (AvgIpc) is 1.69. The van der Waals surface area contributed by atoms with Crippen molar-refractivity contribution in [1.29, 1.82) is 0 Å². The molecule has 0 amide bonds. The van der Waals surface area contributed by atoms with E-state index in [0.29, 0.717) is 9.68 Å². The van der Waals surface area contributed by atoms with Crippen LogP contribution in [-0.2, 0) is 4.79 Å². The van der Waals surface area contributed by atoms with Crippen LogP contribution in [0.4, 0.5) is 0 Å². The van der Waals surface area contributed by atoms with Crippen LogP contribution in [0.3, 0.4) is 0 Å². The van der Waals surface area contributed by atoms with Gasteiger partial charge in [0.25, 0.3) is 0 Å². The zero-order chi connectivity index (χ0) is 5.54. The fourth-order valence-corrected chi connectivity index (χ4v) is 0.600. The van der Waals surface area contributed by atoms with E-state index in [-0.39, 0.29) is 0 Å². The van der Waals surface area contributed by atoms with Crippen LogP contribution in [-0.4, -0.2) is 15.8 Å². The maximum Gasteiger partial charge on any atom is 0.228 e. The van der Waals surface area contributed by atoms with Gasteiger partial charge >= 0.3 is 0 Å². The van der Waals surface area contributed by atoms with Gasteiger partial charge in [-0.1, -0.05) is 13.3 Å². The number of isocyanates is 1. The van der Waals surface area contributed by atoms with Crippen LogP contribution in [0.1, 0.15) is 13.3 Å². The number of hydrogen-bond acceptors (Lipinski definition) is 2. The Morgan fingerprint density at radius 1 is 1.86 bits per heavy atom. The van der Waals surface area contributed by atoms with Gasteiger partial charge in [-0.2, -0.15) is 0 Å². The summed E-state index contributed by atoms with van der Waals surface area (Å²) in [6, 6.07) is 1.02. The summed E-state index contributed by atoms with van der Waals surface area (Å²) in [6.07, 6.45) is 2.59. The van der Waals surface area contributed by atoms with Crippen molar-refractivity contribution in [3.05, 3.63) is 0 Å². The minimum absolute atomic E-state index is 0.434. The Kier molecular flexibility index (Phi) is 5.27. The van der Waals surface area contributed by atoms with Gasteiger partial charge in [0.1, 0.15) is 0 Å². The van der Waals surface area contributed by atoms with Crippen LogP contribution < -0.4 is 0 Å². The molecule has 0 aromatic rings. The smallest absolute Gasteiger partial charge is 0.228 e. The molecule has 0 aromatic heterocycles. The van der Waals surface area contributed by atoms with Crippen molar-refractivity contribution < 1.29 is 4.79 Å². The maximum absolute atomic E-state index is 9.39. The number of carbonyl (C=O) groups excluding carboxylic acids is 1. The molecule has 2 radical (unpaired) electrons. The summed E-state index contributed by atoms with van der Waals surface area (Å²) < 4.78 is 3.38. The molecule has 0 aliphatic heterocycles. The van der Waals surface area contributed by atoms with E-state index in [9.17, 15) is 4.79 Å². The molecule has 0 aliphatic carbocycles. The fraction of sp³-hybridized carbons (Fsp3) is 0.750. The highest BCUT2D eigenvalue weighted by Gasteiger charge is 1.79. The van der Waals surface area contributed by atoms with E-state index in [2.05, 4.69) is 11.6 Å². The van der Waals surface area contributed by atoms with Crippen LogP contribution in [0.15, 0.2) is 4.66 Å². The standard InChI is InChI=1S/C4H7NOSi/c1-2-3-7-5-4-6/h2-3H2,1H3. The lowest BCUT2D eigenvalue weighted by Crippen LogP contribution is -1.79. The molecule has 0 bridgehead atoms. The number of rotatable bonds is 3. The Bertz CT molecular complexity index is 77.8. The van der Waals surface area contributed by atoms with Gasteiger partial charge in [-0.25, -0.2) is 9.45 Å². The Morgan fingerprint density at radius 3 is 3.00 bits per heavy atom. The van der Waals surface area contributed by atoms with Crippen LogP contribution in [0.25, 0.3) is 0 Å². The van der Waals surface area contributed by atoms with E-state index in [1.165, 1.54) is 6.08 Å². The minimum Gasteiger partial charge on any atom is -0.250 e. The quantitative estimate of drug-likeness (QED) is 0.230. The summed E-state index contributed by atoms with van der Waals surface area (Å²) in [4.78, 5) is 9.39. The van der Waals surface area contributed by atoms with Gasteiger partial charge in [0, 0.05) is 0 Å². The molecule has 38 valence electrons. The maximum atomic E-state index is 9.39. The molecule has 0 N–H and O–H groups in total. The van der Waals surface area contributed by atoms with Crippen LogP contribution in [0.2, 0.25) is 6.04 Å². The molecule has 0 fully saturated rings. The Morgan fingerprint density at radius 2 is 2.57 bits per heavy atom. The third-order valence-corrected chi connectivity index (χ3v) is 1.46. The molecule has 3 heteroatoms. The highest BCUT2D eigenvalue weighted by Crippen LogP contribution is 1.82. The molecule has 0 heterocycles. The van der Waals surface area contributed by atoms with Crippen molar-refractivity contribution >= 4 is 15.8 Å². The lowest BCUT2D eigenvalue weighted by atomic mass is 10.6. The second-order valence-electron chi connectivity index (χ2n) is 1.11. The van der Waals surface area contributed by atoms with Gasteiger partial charge in [-0.15, -0.1) is 0 Å². The lowest BCUT2D eigenvalue weighted by Gasteiger charge is -1.77. The first-order valence-corrected chi connectivity index (χ1v) is 3.37. The normalized spacial score (nSPS) is 7.57. The highest BCUT2D eigenvalue weighted by molar-refractivity contribution is 6.34. The molecule has 0 aromatic carbocycles. The van der Waals surface area contributed by atoms with Crippen molar-refractivity contribution in [3.8, 4) is 0 Å². The molecular weight excluding hydrogens is 106 g/mol. The molecule has 0 rings (SSSR count). The first-order chi connectivity index (χ1) is 3.41. The molecule has 2 nitrogen and oxygen atoms in total. The molecule has 0 saturated carbocycles. The van der Waals surface area contributed by atoms with Gasteiger partial charge in [-0.3, -0.25) is 0 Å². The zero-order valence-electron chi connectivity index (χ0n) is 4.27.